The molecule has 4 nitrogen and oxygen atoms in total. The number of nitrogens with zero attached hydrogens (tertiary/aromatic N) is 1. The summed E-state index contributed by atoms with van der Waals surface area (Å²) in [4.78, 5) is 25.4. The maximum absolute atomic E-state index is 12.8. The van der Waals surface area contributed by atoms with Gasteiger partial charge in [0.05, 0.1) is 23.0 Å². The first-order chi connectivity index (χ1) is 11.3. The van der Waals surface area contributed by atoms with E-state index in [1.165, 1.54) is 36.2 Å². The van der Waals surface area contributed by atoms with Crippen LogP contribution in [0.2, 0.25) is 10.0 Å². The summed E-state index contributed by atoms with van der Waals surface area (Å²) in [6.45, 7) is -0.114. The Kier molecular flexibility index (Phi) is 6.17. The summed E-state index contributed by atoms with van der Waals surface area (Å²) in [5.41, 5.74) is 1.17. The summed E-state index contributed by atoms with van der Waals surface area (Å²) in [6, 6.07) is 10.3. The second-order valence-electron chi connectivity index (χ2n) is 5.23. The molecule has 0 spiro atoms. The van der Waals surface area contributed by atoms with E-state index in [-0.39, 0.29) is 30.6 Å². The van der Waals surface area contributed by atoms with Gasteiger partial charge in [0.2, 0.25) is 11.8 Å². The number of rotatable bonds is 5. The third-order valence-corrected chi connectivity index (χ3v) is 4.01. The number of nitrogens with one attached hydrogen (secondary N) is 1. The summed E-state index contributed by atoms with van der Waals surface area (Å²) >= 11 is 11.7. The van der Waals surface area contributed by atoms with Gasteiger partial charge in [-0.05, 0) is 42.0 Å². The molecule has 0 saturated heterocycles. The number of anilines is 1. The van der Waals surface area contributed by atoms with Crippen molar-refractivity contribution in [3.05, 3.63) is 63.9 Å². The maximum atomic E-state index is 12.8. The van der Waals surface area contributed by atoms with Crippen molar-refractivity contribution in [2.24, 2.45) is 0 Å². The lowest BCUT2D eigenvalue weighted by molar-refractivity contribution is -0.132. The molecule has 2 aromatic carbocycles. The average molecular weight is 369 g/mol. The molecule has 0 atom stereocenters. The lowest BCUT2D eigenvalue weighted by atomic mass is 10.1. The third-order valence-electron chi connectivity index (χ3n) is 3.27. The van der Waals surface area contributed by atoms with Gasteiger partial charge in [0, 0.05) is 12.7 Å². The highest BCUT2D eigenvalue weighted by molar-refractivity contribution is 6.42. The van der Waals surface area contributed by atoms with Crippen molar-refractivity contribution in [3.63, 3.8) is 0 Å². The van der Waals surface area contributed by atoms with Gasteiger partial charge < -0.3 is 10.2 Å². The van der Waals surface area contributed by atoms with E-state index < -0.39 is 0 Å². The monoisotopic (exact) mass is 368 g/mol. The predicted molar refractivity (Wildman–Crippen MR) is 92.8 cm³/mol. The van der Waals surface area contributed by atoms with Crippen LogP contribution < -0.4 is 5.32 Å². The van der Waals surface area contributed by atoms with Crippen molar-refractivity contribution >= 4 is 40.7 Å². The normalized spacial score (nSPS) is 10.3. The molecule has 0 bridgehead atoms. The fourth-order valence-corrected chi connectivity index (χ4v) is 2.32. The van der Waals surface area contributed by atoms with E-state index in [1.807, 2.05) is 0 Å². The lowest BCUT2D eigenvalue weighted by Crippen LogP contribution is -2.35. The molecule has 126 valence electrons. The van der Waals surface area contributed by atoms with Gasteiger partial charge >= 0.3 is 0 Å². The summed E-state index contributed by atoms with van der Waals surface area (Å²) in [5.74, 6) is -0.990. The van der Waals surface area contributed by atoms with Gasteiger partial charge in [0.15, 0.2) is 0 Å². The highest BCUT2D eigenvalue weighted by Crippen LogP contribution is 2.23. The molecule has 7 heteroatoms. The molecule has 0 aliphatic carbocycles. The molecular formula is C17H15Cl2FN2O2. The van der Waals surface area contributed by atoms with Gasteiger partial charge in [-0.25, -0.2) is 4.39 Å². The SMILES string of the molecule is CN(CC(=O)Nc1ccc(F)cc1)C(=O)Cc1ccc(Cl)c(Cl)c1. The van der Waals surface area contributed by atoms with Crippen molar-refractivity contribution in [3.8, 4) is 0 Å². The Hall–Kier alpha value is -2.11. The molecule has 0 heterocycles. The molecule has 0 aromatic heterocycles. The van der Waals surface area contributed by atoms with Crippen LogP contribution in [0.3, 0.4) is 0 Å². The first kappa shape index (κ1) is 18.2. The van der Waals surface area contributed by atoms with Crippen molar-refractivity contribution in [2.75, 3.05) is 18.9 Å². The Bertz CT molecular complexity index is 751. The quantitative estimate of drug-likeness (QED) is 0.872. The highest BCUT2D eigenvalue weighted by Gasteiger charge is 2.14. The Labute approximate surface area is 149 Å². The van der Waals surface area contributed by atoms with Crippen LogP contribution in [-0.4, -0.2) is 30.3 Å². The number of halogens is 3. The van der Waals surface area contributed by atoms with Crippen LogP contribution in [0, 0.1) is 5.82 Å². The van der Waals surface area contributed by atoms with Crippen LogP contribution in [0.25, 0.3) is 0 Å². The van der Waals surface area contributed by atoms with Crippen LogP contribution >= 0.6 is 23.2 Å². The number of carbonyl (C=O) groups is 2. The van der Waals surface area contributed by atoms with Crippen LogP contribution in [0.1, 0.15) is 5.56 Å². The predicted octanol–water partition coefficient (Wildman–Crippen LogP) is 3.77. The standard InChI is InChI=1S/C17H15Cl2FN2O2/c1-22(10-16(23)21-13-5-3-12(20)4-6-13)17(24)9-11-2-7-14(18)15(19)8-11/h2-8H,9-10H2,1H3,(H,21,23). The minimum atomic E-state index is -0.387. The number of hydrogen-bond acceptors (Lipinski definition) is 2. The van der Waals surface area contributed by atoms with E-state index in [9.17, 15) is 14.0 Å². The molecule has 0 unspecified atom stereocenters. The van der Waals surface area contributed by atoms with Crippen LogP contribution in [0.4, 0.5) is 10.1 Å². The first-order valence-electron chi connectivity index (χ1n) is 7.08. The smallest absolute Gasteiger partial charge is 0.243 e. The number of likely N-dealkylation sites (N-methyl/N-ethyl adjacent to an activating group) is 1. The number of benzene rings is 2. The van der Waals surface area contributed by atoms with E-state index in [1.54, 1.807) is 18.2 Å². The molecule has 0 saturated carbocycles. The summed E-state index contributed by atoms with van der Waals surface area (Å²) in [6.07, 6.45) is 0.108. The minimum Gasteiger partial charge on any atom is -0.336 e. The van der Waals surface area contributed by atoms with Crippen LogP contribution in [0.5, 0.6) is 0 Å². The van der Waals surface area contributed by atoms with Gasteiger partial charge in [-0.1, -0.05) is 29.3 Å². The van der Waals surface area contributed by atoms with Crippen molar-refractivity contribution < 1.29 is 14.0 Å². The Morgan fingerprint density at radius 2 is 1.75 bits per heavy atom. The zero-order valence-electron chi connectivity index (χ0n) is 12.9. The van der Waals surface area contributed by atoms with Crippen molar-refractivity contribution in [2.45, 2.75) is 6.42 Å². The first-order valence-corrected chi connectivity index (χ1v) is 7.84. The summed E-state index contributed by atoms with van der Waals surface area (Å²) in [5, 5.41) is 3.39. The molecule has 0 fully saturated rings. The van der Waals surface area contributed by atoms with Crippen LogP contribution in [-0.2, 0) is 16.0 Å². The lowest BCUT2D eigenvalue weighted by Gasteiger charge is -2.17. The Balaban J connectivity index is 1.89. The number of carbonyl (C=O) groups excluding carboxylic acids is 2. The van der Waals surface area contributed by atoms with Crippen molar-refractivity contribution in [1.29, 1.82) is 0 Å². The number of amides is 2. The van der Waals surface area contributed by atoms with Gasteiger partial charge in [-0.3, -0.25) is 9.59 Å². The molecule has 2 amide bonds. The molecule has 2 aromatic rings. The van der Waals surface area contributed by atoms with E-state index >= 15 is 0 Å². The fourth-order valence-electron chi connectivity index (χ4n) is 2.00. The minimum absolute atomic E-state index is 0.108. The van der Waals surface area contributed by atoms with Gasteiger partial charge in [-0.2, -0.15) is 0 Å². The second-order valence-corrected chi connectivity index (χ2v) is 6.04. The molecule has 0 aliphatic heterocycles. The second kappa shape index (κ2) is 8.13. The Morgan fingerprint density at radius 1 is 1.08 bits per heavy atom. The zero-order chi connectivity index (χ0) is 17.7. The van der Waals surface area contributed by atoms with Gasteiger partial charge in [0.1, 0.15) is 5.82 Å². The highest BCUT2D eigenvalue weighted by atomic mass is 35.5. The molecule has 24 heavy (non-hydrogen) atoms. The molecular weight excluding hydrogens is 354 g/mol. The zero-order valence-corrected chi connectivity index (χ0v) is 14.4. The summed E-state index contributed by atoms with van der Waals surface area (Å²) < 4.78 is 12.8. The topological polar surface area (TPSA) is 49.4 Å². The molecule has 0 aliphatic rings. The van der Waals surface area contributed by atoms with E-state index in [4.69, 9.17) is 23.2 Å². The van der Waals surface area contributed by atoms with Gasteiger partial charge in [-0.15, -0.1) is 0 Å². The van der Waals surface area contributed by atoms with E-state index in [0.717, 1.165) is 0 Å². The molecule has 1 N–H and O–H groups in total. The third kappa shape index (κ3) is 5.22. The average Bonchev–Trinajstić information content (AvgIpc) is 2.53. The van der Waals surface area contributed by atoms with Gasteiger partial charge in [0.25, 0.3) is 0 Å². The van der Waals surface area contributed by atoms with E-state index in [2.05, 4.69) is 5.32 Å². The Morgan fingerprint density at radius 3 is 2.38 bits per heavy atom. The fraction of sp³-hybridized carbons (Fsp3) is 0.176. The molecule has 0 radical (unpaired) electrons. The van der Waals surface area contributed by atoms with Crippen LogP contribution in [0.15, 0.2) is 42.5 Å². The van der Waals surface area contributed by atoms with E-state index in [0.29, 0.717) is 21.3 Å². The summed E-state index contributed by atoms with van der Waals surface area (Å²) in [7, 11) is 1.53. The maximum Gasteiger partial charge on any atom is 0.243 e. The largest absolute Gasteiger partial charge is 0.336 e. The molecule has 2 rings (SSSR count). The van der Waals surface area contributed by atoms with Crippen molar-refractivity contribution in [1.82, 2.24) is 4.90 Å². The number of hydrogen-bond donors (Lipinski definition) is 1.